The van der Waals surface area contributed by atoms with Gasteiger partial charge in [0.1, 0.15) is 5.60 Å². The summed E-state index contributed by atoms with van der Waals surface area (Å²) in [5, 5.41) is 4.44. The zero-order chi connectivity index (χ0) is 21.6. The van der Waals surface area contributed by atoms with E-state index in [0.717, 1.165) is 5.46 Å². The molecule has 0 N–H and O–H groups in total. The number of aromatic nitrogens is 2. The lowest BCUT2D eigenvalue weighted by Gasteiger charge is -2.38. The highest BCUT2D eigenvalue weighted by atomic mass is 16.7. The molecule has 8 nitrogen and oxygen atoms in total. The maximum atomic E-state index is 12.5. The Kier molecular flexibility index (Phi) is 5.79. The van der Waals surface area contributed by atoms with Gasteiger partial charge >= 0.3 is 13.2 Å². The second kappa shape index (κ2) is 7.59. The molecule has 3 heterocycles. The van der Waals surface area contributed by atoms with Crippen LogP contribution in [0.3, 0.4) is 0 Å². The Bertz CT molecular complexity index is 727. The Hall–Kier alpha value is -1.58. The van der Waals surface area contributed by atoms with Gasteiger partial charge in [-0.1, -0.05) is 0 Å². The largest absolute Gasteiger partial charge is 0.498 e. The molecule has 1 aromatic heterocycles. The molecule has 162 valence electrons. The summed E-state index contributed by atoms with van der Waals surface area (Å²) < 4.78 is 25.5. The number of hydrogen-bond acceptors (Lipinski definition) is 6. The molecule has 0 aliphatic carbocycles. The molecule has 2 saturated heterocycles. The SMILES string of the molecule is C[C@@H]1CO[C@@H](Cn2cc(B3OC(C)(C)C(C)(C)O3)cn2)CN1C(=O)OC(C)(C)C. The number of hydrogen-bond donors (Lipinski definition) is 0. The van der Waals surface area contributed by atoms with Gasteiger partial charge in [0, 0.05) is 17.9 Å². The second-order valence-corrected chi connectivity index (χ2v) is 10.0. The van der Waals surface area contributed by atoms with E-state index >= 15 is 0 Å². The van der Waals surface area contributed by atoms with Gasteiger partial charge in [0.2, 0.25) is 0 Å². The standard InChI is InChI=1S/C20H34BN3O5/c1-14-13-26-16(12-24(14)17(25)27-18(2,3)4)11-23-10-15(9-22-23)21-28-19(5,6)20(7,8)29-21/h9-10,14,16H,11-13H2,1-8H3/t14-,16+/m1/s1. The molecule has 2 aliphatic heterocycles. The van der Waals surface area contributed by atoms with E-state index in [2.05, 4.69) is 5.10 Å². The topological polar surface area (TPSA) is 75.1 Å². The molecular weight excluding hydrogens is 373 g/mol. The monoisotopic (exact) mass is 407 g/mol. The Morgan fingerprint density at radius 3 is 2.48 bits per heavy atom. The second-order valence-electron chi connectivity index (χ2n) is 10.0. The van der Waals surface area contributed by atoms with E-state index in [1.165, 1.54) is 0 Å². The third kappa shape index (κ3) is 4.95. The lowest BCUT2D eigenvalue weighted by Crippen LogP contribution is -2.53. The number of nitrogens with zero attached hydrogens (tertiary/aromatic N) is 3. The molecule has 0 unspecified atom stereocenters. The molecule has 29 heavy (non-hydrogen) atoms. The number of morpholine rings is 1. The molecule has 1 aromatic rings. The summed E-state index contributed by atoms with van der Waals surface area (Å²) in [6.07, 6.45) is 3.21. The Labute approximate surface area is 173 Å². The number of carbonyl (C=O) groups excluding carboxylic acids is 1. The maximum Gasteiger partial charge on any atom is 0.498 e. The minimum absolute atomic E-state index is 0.0287. The summed E-state index contributed by atoms with van der Waals surface area (Å²) >= 11 is 0. The first-order valence-corrected chi connectivity index (χ1v) is 10.3. The predicted octanol–water partition coefficient (Wildman–Crippen LogP) is 2.21. The fourth-order valence-corrected chi connectivity index (χ4v) is 3.29. The van der Waals surface area contributed by atoms with Crippen molar-refractivity contribution in [3.05, 3.63) is 12.4 Å². The van der Waals surface area contributed by atoms with Crippen molar-refractivity contribution in [2.45, 2.75) is 90.9 Å². The minimum atomic E-state index is -0.523. The van der Waals surface area contributed by atoms with Crippen molar-refractivity contribution in [3.63, 3.8) is 0 Å². The summed E-state index contributed by atoms with van der Waals surface area (Å²) in [4.78, 5) is 14.2. The highest BCUT2D eigenvalue weighted by molar-refractivity contribution is 6.61. The molecule has 2 fully saturated rings. The van der Waals surface area contributed by atoms with E-state index in [9.17, 15) is 4.79 Å². The van der Waals surface area contributed by atoms with Crippen LogP contribution in [-0.4, -0.2) is 70.0 Å². The van der Waals surface area contributed by atoms with Crippen molar-refractivity contribution < 1.29 is 23.6 Å². The van der Waals surface area contributed by atoms with Crippen LogP contribution in [0.5, 0.6) is 0 Å². The summed E-state index contributed by atoms with van der Waals surface area (Å²) in [7, 11) is -0.445. The molecule has 2 aliphatic rings. The van der Waals surface area contributed by atoms with Gasteiger partial charge in [-0.15, -0.1) is 0 Å². The molecule has 3 rings (SSSR count). The van der Waals surface area contributed by atoms with Gasteiger partial charge in [-0.05, 0) is 55.4 Å². The van der Waals surface area contributed by atoms with Crippen LogP contribution in [0.1, 0.15) is 55.4 Å². The smallest absolute Gasteiger partial charge is 0.444 e. The van der Waals surface area contributed by atoms with Crippen molar-refractivity contribution in [3.8, 4) is 0 Å². The number of carbonyl (C=O) groups is 1. The number of rotatable bonds is 3. The zero-order valence-electron chi connectivity index (χ0n) is 18.9. The number of ether oxygens (including phenoxy) is 2. The molecule has 0 bridgehead atoms. The van der Waals surface area contributed by atoms with Crippen LogP contribution < -0.4 is 5.46 Å². The zero-order valence-corrected chi connectivity index (χ0v) is 18.9. The van der Waals surface area contributed by atoms with Crippen LogP contribution in [0.4, 0.5) is 4.79 Å². The average molecular weight is 407 g/mol. The average Bonchev–Trinajstić information content (AvgIpc) is 3.10. The lowest BCUT2D eigenvalue weighted by molar-refractivity contribution is -0.0711. The Balaban J connectivity index is 1.62. The van der Waals surface area contributed by atoms with Gasteiger partial charge in [0.05, 0.1) is 43.0 Å². The molecule has 2 atom stereocenters. The fourth-order valence-electron chi connectivity index (χ4n) is 3.29. The van der Waals surface area contributed by atoms with Gasteiger partial charge in [-0.2, -0.15) is 5.10 Å². The molecule has 0 saturated carbocycles. The van der Waals surface area contributed by atoms with E-state index < -0.39 is 23.9 Å². The van der Waals surface area contributed by atoms with E-state index in [1.807, 2.05) is 66.3 Å². The quantitative estimate of drug-likeness (QED) is 0.716. The molecule has 1 amide bonds. The fraction of sp³-hybridized carbons (Fsp3) is 0.800. The van der Waals surface area contributed by atoms with Crippen LogP contribution in [0.15, 0.2) is 12.4 Å². The third-order valence-corrected chi connectivity index (χ3v) is 5.70. The van der Waals surface area contributed by atoms with Crippen LogP contribution in [0.25, 0.3) is 0 Å². The summed E-state index contributed by atoms with van der Waals surface area (Å²) in [5.74, 6) is 0. The van der Waals surface area contributed by atoms with Crippen LogP contribution >= 0.6 is 0 Å². The first-order chi connectivity index (χ1) is 13.3. The first-order valence-electron chi connectivity index (χ1n) is 10.3. The molecular formula is C20H34BN3O5. The summed E-state index contributed by atoms with van der Waals surface area (Å²) in [6, 6.07) is -0.0287. The lowest BCUT2D eigenvalue weighted by atomic mass is 9.82. The van der Waals surface area contributed by atoms with E-state index in [1.54, 1.807) is 11.1 Å². The minimum Gasteiger partial charge on any atom is -0.444 e. The van der Waals surface area contributed by atoms with Crippen LogP contribution in [0.2, 0.25) is 0 Å². The predicted molar refractivity (Wildman–Crippen MR) is 110 cm³/mol. The van der Waals surface area contributed by atoms with Gasteiger partial charge in [0.25, 0.3) is 0 Å². The Morgan fingerprint density at radius 1 is 1.28 bits per heavy atom. The molecule has 0 aromatic carbocycles. The molecule has 0 spiro atoms. The van der Waals surface area contributed by atoms with E-state index in [-0.39, 0.29) is 18.2 Å². The van der Waals surface area contributed by atoms with Crippen molar-refractivity contribution in [1.82, 2.24) is 14.7 Å². The van der Waals surface area contributed by atoms with Gasteiger partial charge in [-0.25, -0.2) is 4.79 Å². The highest BCUT2D eigenvalue weighted by Gasteiger charge is 2.52. The van der Waals surface area contributed by atoms with E-state index in [4.69, 9.17) is 18.8 Å². The van der Waals surface area contributed by atoms with Gasteiger partial charge in [-0.3, -0.25) is 4.68 Å². The number of amides is 1. The van der Waals surface area contributed by atoms with Gasteiger partial charge in [0.15, 0.2) is 0 Å². The van der Waals surface area contributed by atoms with Crippen LogP contribution in [-0.2, 0) is 25.3 Å². The molecule has 9 heteroatoms. The first kappa shape index (κ1) is 22.1. The highest BCUT2D eigenvalue weighted by Crippen LogP contribution is 2.36. The maximum absolute atomic E-state index is 12.5. The van der Waals surface area contributed by atoms with Crippen LogP contribution in [0, 0.1) is 0 Å². The van der Waals surface area contributed by atoms with Gasteiger partial charge < -0.3 is 23.7 Å². The Morgan fingerprint density at radius 2 is 1.90 bits per heavy atom. The van der Waals surface area contributed by atoms with E-state index in [0.29, 0.717) is 19.7 Å². The molecule has 0 radical (unpaired) electrons. The van der Waals surface area contributed by atoms with Crippen molar-refractivity contribution in [2.24, 2.45) is 0 Å². The third-order valence-electron chi connectivity index (χ3n) is 5.70. The van der Waals surface area contributed by atoms with Crippen molar-refractivity contribution in [2.75, 3.05) is 13.2 Å². The van der Waals surface area contributed by atoms with Crippen molar-refractivity contribution >= 4 is 18.7 Å². The normalized spacial score (nSPS) is 26.6. The summed E-state index contributed by atoms with van der Waals surface area (Å²) in [6.45, 7) is 17.1. The summed E-state index contributed by atoms with van der Waals surface area (Å²) in [5.41, 5.74) is -0.437. The van der Waals surface area contributed by atoms with Crippen molar-refractivity contribution in [1.29, 1.82) is 0 Å².